The number of esters is 1. The maximum Gasteiger partial charge on any atom is 0.334 e. The van der Waals surface area contributed by atoms with E-state index in [-0.39, 0.29) is 36.0 Å². The van der Waals surface area contributed by atoms with E-state index in [0.29, 0.717) is 30.4 Å². The van der Waals surface area contributed by atoms with Gasteiger partial charge in [0.2, 0.25) is 5.91 Å². The molecule has 1 aromatic heterocycles. The van der Waals surface area contributed by atoms with E-state index in [0.717, 1.165) is 10.6 Å². The maximum absolute atomic E-state index is 13.0. The second kappa shape index (κ2) is 6.74. The number of hydrogen-bond acceptors (Lipinski definition) is 5. The van der Waals surface area contributed by atoms with Crippen LogP contribution in [0.4, 0.5) is 0 Å². The van der Waals surface area contributed by atoms with E-state index >= 15 is 0 Å². The van der Waals surface area contributed by atoms with Crippen LogP contribution in [0.25, 0.3) is 11.6 Å². The Morgan fingerprint density at radius 3 is 2.71 bits per heavy atom. The molecule has 2 aliphatic carbocycles. The van der Waals surface area contributed by atoms with Crippen LogP contribution < -0.4 is 15.9 Å². The zero-order chi connectivity index (χ0) is 19.9. The van der Waals surface area contributed by atoms with Gasteiger partial charge in [0, 0.05) is 28.8 Å². The van der Waals surface area contributed by atoms with Crippen LogP contribution in [0, 0.1) is 0 Å². The van der Waals surface area contributed by atoms with Gasteiger partial charge < -0.3 is 25.3 Å². The summed E-state index contributed by atoms with van der Waals surface area (Å²) in [7, 11) is 0. The average molecular weight is 382 g/mol. The quantitative estimate of drug-likeness (QED) is 0.446. The minimum Gasteiger partial charge on any atom is -0.504 e. The number of hydrogen-bond donors (Lipinski definition) is 4. The third-order valence-corrected chi connectivity index (χ3v) is 5.45. The molecule has 2 aliphatic rings. The first-order chi connectivity index (χ1) is 13.4. The number of H-pyrrole nitrogens is 1. The van der Waals surface area contributed by atoms with Crippen molar-refractivity contribution in [2.75, 3.05) is 6.61 Å². The van der Waals surface area contributed by atoms with Gasteiger partial charge in [-0.15, -0.1) is 0 Å². The molecule has 0 aliphatic heterocycles. The van der Waals surface area contributed by atoms with Crippen molar-refractivity contribution in [2.24, 2.45) is 0 Å². The molecule has 1 amide bonds. The fraction of sp³-hybridized carbons (Fsp3) is 0.333. The van der Waals surface area contributed by atoms with Gasteiger partial charge in [-0.2, -0.15) is 0 Å². The Balaban J connectivity index is 1.58. The summed E-state index contributed by atoms with van der Waals surface area (Å²) in [5.74, 6) is -0.986. The van der Waals surface area contributed by atoms with Crippen LogP contribution in [0.5, 0.6) is 11.5 Å². The largest absolute Gasteiger partial charge is 0.504 e. The Hall–Kier alpha value is -3.22. The Kier molecular flexibility index (Phi) is 4.37. The van der Waals surface area contributed by atoms with Gasteiger partial charge in [-0.05, 0) is 49.6 Å². The van der Waals surface area contributed by atoms with Crippen molar-refractivity contribution in [1.29, 1.82) is 0 Å². The lowest BCUT2D eigenvalue weighted by Crippen LogP contribution is -2.46. The molecule has 0 spiro atoms. The number of nitrogens with one attached hydrogen (secondary N) is 2. The second-order valence-corrected chi connectivity index (χ2v) is 7.24. The van der Waals surface area contributed by atoms with Gasteiger partial charge in [-0.25, -0.2) is 4.79 Å². The molecule has 7 nitrogen and oxygen atoms in total. The molecule has 1 fully saturated rings. The Bertz CT molecular complexity index is 1060. The normalized spacial score (nSPS) is 19.3. The fourth-order valence-electron chi connectivity index (χ4n) is 3.78. The van der Waals surface area contributed by atoms with Crippen LogP contribution in [-0.2, 0) is 19.7 Å². The summed E-state index contributed by atoms with van der Waals surface area (Å²) < 4.78 is 5.17. The highest BCUT2D eigenvalue weighted by Crippen LogP contribution is 2.50. The third-order valence-electron chi connectivity index (χ3n) is 5.45. The van der Waals surface area contributed by atoms with Gasteiger partial charge in [-0.1, -0.05) is 6.07 Å². The smallest absolute Gasteiger partial charge is 0.334 e. The highest BCUT2D eigenvalue weighted by atomic mass is 16.5. The summed E-state index contributed by atoms with van der Waals surface area (Å²) >= 11 is 0. The van der Waals surface area contributed by atoms with Crippen molar-refractivity contribution < 1.29 is 24.5 Å². The van der Waals surface area contributed by atoms with Crippen LogP contribution in [0.2, 0.25) is 0 Å². The lowest BCUT2D eigenvalue weighted by molar-refractivity contribution is -0.136. The molecule has 2 aromatic rings. The molecule has 1 saturated carbocycles. The number of carbonyl (C=O) groups excluding carboxylic acids is 2. The van der Waals surface area contributed by atoms with Crippen molar-refractivity contribution in [1.82, 2.24) is 10.3 Å². The molecule has 146 valence electrons. The number of phenolic OH excluding ortho intramolecular Hbond substituents is 2. The van der Waals surface area contributed by atoms with Gasteiger partial charge in [0.1, 0.15) is 0 Å². The maximum atomic E-state index is 13.0. The summed E-state index contributed by atoms with van der Waals surface area (Å²) in [6.07, 6.45) is 5.34. The van der Waals surface area contributed by atoms with E-state index in [1.165, 1.54) is 12.1 Å². The van der Waals surface area contributed by atoms with Crippen LogP contribution in [-0.4, -0.2) is 39.7 Å². The number of amides is 1. The standard InChI is InChI=1S/C21H22N2O5/c1-2-28-19(26)15-10-13(11-16-14(15)5-8-22-16)23-20(27)21(6-7-21)12-3-4-17(24)18(25)9-12/h3-5,8-9,11,13,22,24-25H,2,6-7,10H2,1H3,(H,23,27). The van der Waals surface area contributed by atoms with E-state index in [1.54, 1.807) is 19.2 Å². The predicted octanol–water partition coefficient (Wildman–Crippen LogP) is 0.541. The highest BCUT2D eigenvalue weighted by Gasteiger charge is 2.51. The number of carbonyl (C=O) groups is 2. The molecule has 0 bridgehead atoms. The summed E-state index contributed by atoms with van der Waals surface area (Å²) in [5.41, 5.74) is 0.503. The molecule has 1 aromatic carbocycles. The van der Waals surface area contributed by atoms with Gasteiger partial charge in [0.15, 0.2) is 11.5 Å². The number of aromatic nitrogens is 1. The van der Waals surface area contributed by atoms with Crippen LogP contribution in [0.1, 0.15) is 31.7 Å². The lowest BCUT2D eigenvalue weighted by Gasteiger charge is -2.23. The second-order valence-electron chi connectivity index (χ2n) is 7.24. The summed E-state index contributed by atoms with van der Waals surface area (Å²) in [5, 5.41) is 23.9. The monoisotopic (exact) mass is 382 g/mol. The van der Waals surface area contributed by atoms with E-state index in [9.17, 15) is 19.8 Å². The molecule has 4 N–H and O–H groups in total. The molecule has 7 heteroatoms. The van der Waals surface area contributed by atoms with Crippen molar-refractivity contribution in [3.05, 3.63) is 46.6 Å². The number of benzene rings is 1. The Morgan fingerprint density at radius 2 is 2.04 bits per heavy atom. The summed E-state index contributed by atoms with van der Waals surface area (Å²) in [6, 6.07) is 5.97. The Morgan fingerprint density at radius 1 is 1.25 bits per heavy atom. The zero-order valence-electron chi connectivity index (χ0n) is 15.5. The van der Waals surface area contributed by atoms with Gasteiger partial charge in [-0.3, -0.25) is 4.79 Å². The molecule has 0 radical (unpaired) electrons. The van der Waals surface area contributed by atoms with Crippen LogP contribution in [0.15, 0.2) is 30.5 Å². The molecule has 0 saturated heterocycles. The van der Waals surface area contributed by atoms with Crippen molar-refractivity contribution in [3.8, 4) is 11.5 Å². The minimum atomic E-state index is -0.709. The molecule has 1 unspecified atom stereocenters. The lowest BCUT2D eigenvalue weighted by atomic mass is 9.93. The van der Waals surface area contributed by atoms with Crippen LogP contribution in [0.3, 0.4) is 0 Å². The van der Waals surface area contributed by atoms with Crippen molar-refractivity contribution >= 4 is 23.5 Å². The Labute approximate surface area is 161 Å². The number of aromatic hydroxyl groups is 2. The predicted molar refractivity (Wildman–Crippen MR) is 102 cm³/mol. The van der Waals surface area contributed by atoms with Gasteiger partial charge >= 0.3 is 5.97 Å². The SMILES string of the molecule is CCOC(=O)C1=c2cc[nH]c2=CC(NC(=O)C2(c3ccc(O)c(O)c3)CC2)C1. The van der Waals surface area contributed by atoms with E-state index < -0.39 is 5.41 Å². The number of ether oxygens (including phenoxy) is 1. The first-order valence-corrected chi connectivity index (χ1v) is 9.33. The van der Waals surface area contributed by atoms with Crippen molar-refractivity contribution in [2.45, 2.75) is 37.6 Å². The molecule has 28 heavy (non-hydrogen) atoms. The van der Waals surface area contributed by atoms with Crippen LogP contribution >= 0.6 is 0 Å². The van der Waals surface area contributed by atoms with E-state index in [2.05, 4.69) is 10.3 Å². The third kappa shape index (κ3) is 3.02. The number of fused-ring (bicyclic) bond motifs is 1. The summed E-state index contributed by atoms with van der Waals surface area (Å²) in [4.78, 5) is 28.5. The zero-order valence-corrected chi connectivity index (χ0v) is 15.5. The molecular weight excluding hydrogens is 360 g/mol. The number of phenols is 2. The number of aromatic amines is 1. The van der Waals surface area contributed by atoms with E-state index in [4.69, 9.17) is 4.74 Å². The molecule has 1 heterocycles. The first kappa shape index (κ1) is 18.2. The van der Waals surface area contributed by atoms with Crippen molar-refractivity contribution in [3.63, 3.8) is 0 Å². The molecule has 1 atom stereocenters. The summed E-state index contributed by atoms with van der Waals surface area (Å²) in [6.45, 7) is 2.05. The molecule has 4 rings (SSSR count). The number of rotatable bonds is 5. The fourth-order valence-corrected chi connectivity index (χ4v) is 3.78. The average Bonchev–Trinajstić information content (AvgIpc) is 3.35. The minimum absolute atomic E-state index is 0.156. The van der Waals surface area contributed by atoms with E-state index in [1.807, 2.05) is 12.1 Å². The topological polar surface area (TPSA) is 112 Å². The first-order valence-electron chi connectivity index (χ1n) is 9.33. The molecular formula is C21H22N2O5. The van der Waals surface area contributed by atoms with Gasteiger partial charge in [0.05, 0.1) is 18.1 Å². The van der Waals surface area contributed by atoms with Gasteiger partial charge in [0.25, 0.3) is 0 Å². The highest BCUT2D eigenvalue weighted by molar-refractivity contribution is 6.10.